The number of ether oxygens (including phenoxy) is 1. The summed E-state index contributed by atoms with van der Waals surface area (Å²) in [6, 6.07) is 1.86. The minimum atomic E-state index is -0.299. The van der Waals surface area contributed by atoms with Crippen molar-refractivity contribution in [1.29, 1.82) is 0 Å². The zero-order chi connectivity index (χ0) is 15.6. The highest BCUT2D eigenvalue weighted by Gasteiger charge is 2.22. The van der Waals surface area contributed by atoms with Crippen LogP contribution in [0.25, 0.3) is 0 Å². The minimum absolute atomic E-state index is 0.151. The Kier molecular flexibility index (Phi) is 4.73. The van der Waals surface area contributed by atoms with Crippen LogP contribution in [0.15, 0.2) is 15.7 Å². The van der Waals surface area contributed by atoms with Gasteiger partial charge in [-0.15, -0.1) is 21.5 Å². The normalized spacial score (nSPS) is 11.7. The van der Waals surface area contributed by atoms with Gasteiger partial charge in [-0.1, -0.05) is 32.5 Å². The number of thioether (sulfide) groups is 1. The molecule has 0 aromatic carbocycles. The third-order valence-corrected chi connectivity index (χ3v) is 4.75. The number of aryl methyl sites for hydroxylation is 1. The van der Waals surface area contributed by atoms with Crippen LogP contribution in [0.1, 0.15) is 46.8 Å². The Hall–Kier alpha value is -1.34. The molecule has 114 valence electrons. The molecule has 2 aromatic rings. The second kappa shape index (κ2) is 6.19. The smallest absolute Gasteiger partial charge is 0.348 e. The summed E-state index contributed by atoms with van der Waals surface area (Å²) in [4.78, 5) is 13.2. The van der Waals surface area contributed by atoms with Gasteiger partial charge < -0.3 is 9.15 Å². The summed E-state index contributed by atoms with van der Waals surface area (Å²) in [5, 5.41) is 8.65. The van der Waals surface area contributed by atoms with Crippen LogP contribution in [0.2, 0.25) is 0 Å². The maximum atomic E-state index is 11.5. The zero-order valence-corrected chi connectivity index (χ0v) is 14.4. The van der Waals surface area contributed by atoms with Gasteiger partial charge >= 0.3 is 5.97 Å². The molecule has 0 aliphatic carbocycles. The molecule has 2 aromatic heterocycles. The first-order valence-electron chi connectivity index (χ1n) is 6.45. The number of hydrogen-bond acceptors (Lipinski definition) is 7. The minimum Gasteiger partial charge on any atom is -0.465 e. The van der Waals surface area contributed by atoms with E-state index in [1.165, 1.54) is 30.2 Å². The summed E-state index contributed by atoms with van der Waals surface area (Å²) >= 11 is 2.91. The fourth-order valence-corrected chi connectivity index (χ4v) is 3.44. The van der Waals surface area contributed by atoms with E-state index in [4.69, 9.17) is 9.15 Å². The van der Waals surface area contributed by atoms with E-state index in [1.807, 2.05) is 33.8 Å². The summed E-state index contributed by atoms with van der Waals surface area (Å²) < 4.78 is 10.4. The second-order valence-corrected chi connectivity index (χ2v) is 7.78. The zero-order valence-electron chi connectivity index (χ0n) is 12.7. The molecule has 0 fully saturated rings. The fraction of sp³-hybridized carbons (Fsp3) is 0.500. The fourth-order valence-electron chi connectivity index (χ4n) is 1.57. The van der Waals surface area contributed by atoms with Gasteiger partial charge in [0.15, 0.2) is 0 Å². The third kappa shape index (κ3) is 3.85. The van der Waals surface area contributed by atoms with Crippen molar-refractivity contribution in [3.8, 4) is 0 Å². The van der Waals surface area contributed by atoms with E-state index in [1.54, 1.807) is 0 Å². The van der Waals surface area contributed by atoms with E-state index in [0.29, 0.717) is 21.7 Å². The molecule has 0 saturated carbocycles. The van der Waals surface area contributed by atoms with Crippen molar-refractivity contribution in [2.45, 2.75) is 44.1 Å². The van der Waals surface area contributed by atoms with Gasteiger partial charge in [-0.3, -0.25) is 0 Å². The Morgan fingerprint density at radius 3 is 2.71 bits per heavy atom. The van der Waals surface area contributed by atoms with Crippen molar-refractivity contribution >= 4 is 29.1 Å². The highest BCUT2D eigenvalue weighted by molar-refractivity contribution is 7.98. The molecule has 7 heteroatoms. The first-order valence-corrected chi connectivity index (χ1v) is 8.26. The number of hydrogen-bond donors (Lipinski definition) is 0. The number of thiophene rings is 1. The Balaban J connectivity index is 2.05. The Morgan fingerprint density at radius 2 is 2.14 bits per heavy atom. The highest BCUT2D eigenvalue weighted by atomic mass is 32.2. The molecule has 0 radical (unpaired) electrons. The van der Waals surface area contributed by atoms with Crippen molar-refractivity contribution < 1.29 is 13.9 Å². The summed E-state index contributed by atoms with van der Waals surface area (Å²) in [5.74, 6) is 1.01. The number of esters is 1. The van der Waals surface area contributed by atoms with Gasteiger partial charge in [0.1, 0.15) is 4.88 Å². The van der Waals surface area contributed by atoms with Crippen LogP contribution in [-0.2, 0) is 15.9 Å². The van der Waals surface area contributed by atoms with Gasteiger partial charge in [0.25, 0.3) is 5.22 Å². The molecule has 0 bridgehead atoms. The molecule has 0 spiro atoms. The molecule has 21 heavy (non-hydrogen) atoms. The van der Waals surface area contributed by atoms with Gasteiger partial charge in [0.2, 0.25) is 5.89 Å². The lowest BCUT2D eigenvalue weighted by molar-refractivity contribution is 0.0606. The topological polar surface area (TPSA) is 65.2 Å². The molecule has 2 rings (SSSR count). The SMILES string of the molecule is COC(=O)c1cc(CSc2nnc(C(C)(C)C)o2)c(C)s1. The monoisotopic (exact) mass is 326 g/mol. The van der Waals surface area contributed by atoms with E-state index in [2.05, 4.69) is 10.2 Å². The molecule has 0 unspecified atom stereocenters. The van der Waals surface area contributed by atoms with Crippen LogP contribution in [0.5, 0.6) is 0 Å². The molecular weight excluding hydrogens is 308 g/mol. The van der Waals surface area contributed by atoms with E-state index in [9.17, 15) is 4.79 Å². The maximum Gasteiger partial charge on any atom is 0.348 e. The van der Waals surface area contributed by atoms with E-state index < -0.39 is 0 Å². The van der Waals surface area contributed by atoms with Gasteiger partial charge in [0.05, 0.1) is 7.11 Å². The van der Waals surface area contributed by atoms with Crippen molar-refractivity contribution in [3.63, 3.8) is 0 Å². The lowest BCUT2D eigenvalue weighted by atomic mass is 9.97. The van der Waals surface area contributed by atoms with Gasteiger partial charge in [-0.2, -0.15) is 0 Å². The molecular formula is C14H18N2O3S2. The second-order valence-electron chi connectivity index (χ2n) is 5.60. The molecule has 5 nitrogen and oxygen atoms in total. The summed E-state index contributed by atoms with van der Waals surface area (Å²) in [6.45, 7) is 8.07. The van der Waals surface area contributed by atoms with Crippen molar-refractivity contribution in [1.82, 2.24) is 10.2 Å². The first kappa shape index (κ1) is 16.0. The van der Waals surface area contributed by atoms with Crippen LogP contribution in [0.4, 0.5) is 0 Å². The number of nitrogens with zero attached hydrogens (tertiary/aromatic N) is 2. The Labute approximate surface area is 132 Å². The van der Waals surface area contributed by atoms with Gasteiger partial charge in [-0.05, 0) is 18.6 Å². The predicted molar refractivity (Wildman–Crippen MR) is 83.0 cm³/mol. The van der Waals surface area contributed by atoms with Crippen LogP contribution in [-0.4, -0.2) is 23.3 Å². The summed E-state index contributed by atoms with van der Waals surface area (Å²) in [6.07, 6.45) is 0. The van der Waals surface area contributed by atoms with E-state index in [0.717, 1.165) is 10.4 Å². The largest absolute Gasteiger partial charge is 0.465 e. The first-order chi connectivity index (χ1) is 9.81. The molecule has 0 aliphatic heterocycles. The average molecular weight is 326 g/mol. The quantitative estimate of drug-likeness (QED) is 0.628. The van der Waals surface area contributed by atoms with E-state index in [-0.39, 0.29) is 11.4 Å². The van der Waals surface area contributed by atoms with Crippen LogP contribution < -0.4 is 0 Å². The third-order valence-electron chi connectivity index (χ3n) is 2.81. The van der Waals surface area contributed by atoms with Crippen LogP contribution in [0.3, 0.4) is 0 Å². The Morgan fingerprint density at radius 1 is 1.43 bits per heavy atom. The lowest BCUT2D eigenvalue weighted by Gasteiger charge is -2.10. The molecule has 0 aliphatic rings. The number of methoxy groups -OCH3 is 1. The maximum absolute atomic E-state index is 11.5. The standard InChI is InChI=1S/C14H18N2O3S2/c1-8-9(6-10(21-8)11(17)18-5)7-20-13-16-15-12(19-13)14(2,3)4/h6H,7H2,1-5H3. The van der Waals surface area contributed by atoms with Gasteiger partial charge in [-0.25, -0.2) is 4.79 Å². The van der Waals surface area contributed by atoms with Crippen molar-refractivity contribution in [2.75, 3.05) is 7.11 Å². The van der Waals surface area contributed by atoms with Crippen LogP contribution in [0, 0.1) is 6.92 Å². The number of carbonyl (C=O) groups is 1. The van der Waals surface area contributed by atoms with Gasteiger partial charge in [0, 0.05) is 16.0 Å². The number of rotatable bonds is 4. The summed E-state index contributed by atoms with van der Waals surface area (Å²) in [5.41, 5.74) is 0.934. The van der Waals surface area contributed by atoms with E-state index >= 15 is 0 Å². The molecule has 0 N–H and O–H groups in total. The molecule has 2 heterocycles. The molecule has 0 atom stereocenters. The molecule has 0 amide bonds. The summed E-state index contributed by atoms with van der Waals surface area (Å²) in [7, 11) is 1.39. The number of carbonyl (C=O) groups excluding carboxylic acids is 1. The van der Waals surface area contributed by atoms with Crippen molar-refractivity contribution in [3.05, 3.63) is 27.3 Å². The van der Waals surface area contributed by atoms with Crippen molar-refractivity contribution in [2.24, 2.45) is 0 Å². The number of aromatic nitrogens is 2. The highest BCUT2D eigenvalue weighted by Crippen LogP contribution is 2.30. The van der Waals surface area contributed by atoms with Crippen LogP contribution >= 0.6 is 23.1 Å². The lowest BCUT2D eigenvalue weighted by Crippen LogP contribution is -2.11. The Bertz CT molecular complexity index is 641. The average Bonchev–Trinajstić information content (AvgIpc) is 3.01. The predicted octanol–water partition coefficient (Wildman–Crippen LogP) is 3.82. The molecule has 0 saturated heterocycles.